The molecular formula is C20H22N4O5S. The van der Waals surface area contributed by atoms with Gasteiger partial charge in [0.1, 0.15) is 5.65 Å². The van der Waals surface area contributed by atoms with Crippen molar-refractivity contribution in [2.24, 2.45) is 0 Å². The second-order valence-electron chi connectivity index (χ2n) is 6.93. The van der Waals surface area contributed by atoms with Crippen LogP contribution in [-0.2, 0) is 19.6 Å². The second kappa shape index (κ2) is 8.64. The van der Waals surface area contributed by atoms with E-state index in [2.05, 4.69) is 15.0 Å². The third-order valence-electron chi connectivity index (χ3n) is 4.05. The highest BCUT2D eigenvalue weighted by molar-refractivity contribution is 7.89. The molecule has 0 saturated carbocycles. The van der Waals surface area contributed by atoms with Crippen LogP contribution in [0.15, 0.2) is 59.8 Å². The van der Waals surface area contributed by atoms with Gasteiger partial charge in [0, 0.05) is 24.1 Å². The first-order chi connectivity index (χ1) is 14.2. The fourth-order valence-corrected chi connectivity index (χ4v) is 3.90. The number of esters is 1. The lowest BCUT2D eigenvalue weighted by atomic mass is 10.3. The van der Waals surface area contributed by atoms with E-state index < -0.39 is 28.0 Å². The maximum atomic E-state index is 12.3. The van der Waals surface area contributed by atoms with Gasteiger partial charge >= 0.3 is 5.97 Å². The summed E-state index contributed by atoms with van der Waals surface area (Å²) >= 11 is 0. The molecule has 2 N–H and O–H groups in total. The molecule has 3 rings (SSSR count). The van der Waals surface area contributed by atoms with Crippen molar-refractivity contribution in [1.82, 2.24) is 14.1 Å². The Morgan fingerprint density at radius 1 is 1.07 bits per heavy atom. The van der Waals surface area contributed by atoms with E-state index in [1.54, 1.807) is 42.6 Å². The quantitative estimate of drug-likeness (QED) is 0.555. The number of anilines is 1. The predicted octanol–water partition coefficient (Wildman–Crippen LogP) is 2.21. The average molecular weight is 430 g/mol. The number of carbonyl (C=O) groups is 2. The van der Waals surface area contributed by atoms with Crippen LogP contribution >= 0.6 is 0 Å². The Hall–Kier alpha value is -3.24. The van der Waals surface area contributed by atoms with Crippen LogP contribution in [0.5, 0.6) is 0 Å². The van der Waals surface area contributed by atoms with E-state index in [0.29, 0.717) is 11.3 Å². The van der Waals surface area contributed by atoms with Gasteiger partial charge in [0.05, 0.1) is 4.90 Å². The highest BCUT2D eigenvalue weighted by atomic mass is 32.2. The minimum Gasteiger partial charge on any atom is -0.448 e. The molecule has 1 amide bonds. The van der Waals surface area contributed by atoms with Gasteiger partial charge in [-0.05, 0) is 57.2 Å². The fourth-order valence-electron chi connectivity index (χ4n) is 2.65. The van der Waals surface area contributed by atoms with Gasteiger partial charge in [-0.1, -0.05) is 6.07 Å². The monoisotopic (exact) mass is 430 g/mol. The lowest BCUT2D eigenvalue weighted by molar-refractivity contribution is -0.123. The van der Waals surface area contributed by atoms with Crippen LogP contribution in [0.1, 0.15) is 31.3 Å². The highest BCUT2D eigenvalue weighted by Crippen LogP contribution is 2.15. The summed E-state index contributed by atoms with van der Waals surface area (Å²) in [6.07, 6.45) is 2.19. The third-order valence-corrected chi connectivity index (χ3v) is 5.72. The number of sulfonamides is 1. The summed E-state index contributed by atoms with van der Waals surface area (Å²) in [7, 11) is -3.62. The van der Waals surface area contributed by atoms with Gasteiger partial charge in [-0.25, -0.2) is 22.9 Å². The van der Waals surface area contributed by atoms with Crippen molar-refractivity contribution < 1.29 is 22.7 Å². The van der Waals surface area contributed by atoms with Crippen LogP contribution in [-0.4, -0.2) is 41.8 Å². The van der Waals surface area contributed by atoms with E-state index >= 15 is 0 Å². The average Bonchev–Trinajstić information content (AvgIpc) is 3.11. The SMILES string of the molecule is CC(C)NS(=O)(=O)c1ccc(NC(=O)[C@H](C)OC(=O)c2cn3ccccc3n2)cc1. The molecule has 2 aromatic heterocycles. The van der Waals surface area contributed by atoms with Crippen LogP contribution in [0, 0.1) is 0 Å². The predicted molar refractivity (Wildman–Crippen MR) is 111 cm³/mol. The van der Waals surface area contributed by atoms with Crippen LogP contribution < -0.4 is 10.0 Å². The van der Waals surface area contributed by atoms with Crippen LogP contribution in [0.3, 0.4) is 0 Å². The molecule has 0 spiro atoms. The molecule has 0 aliphatic rings. The largest absolute Gasteiger partial charge is 0.448 e. The maximum absolute atomic E-state index is 12.3. The van der Waals surface area contributed by atoms with Gasteiger partial charge in [-0.3, -0.25) is 4.79 Å². The Kier molecular flexibility index (Phi) is 6.18. The standard InChI is InChI=1S/C20H22N4O5S/c1-13(2)23-30(27,28)16-9-7-15(8-10-16)21-19(25)14(3)29-20(26)17-12-24-11-5-4-6-18(24)22-17/h4-14,23H,1-3H3,(H,21,25)/t14-/m0/s1. The molecule has 10 heteroatoms. The summed E-state index contributed by atoms with van der Waals surface area (Å²) in [5.41, 5.74) is 1.05. The van der Waals surface area contributed by atoms with Crippen molar-refractivity contribution in [1.29, 1.82) is 0 Å². The Morgan fingerprint density at radius 3 is 2.40 bits per heavy atom. The van der Waals surface area contributed by atoms with Crippen molar-refractivity contribution in [2.75, 3.05) is 5.32 Å². The van der Waals surface area contributed by atoms with Crippen molar-refractivity contribution in [2.45, 2.75) is 37.8 Å². The van der Waals surface area contributed by atoms with Gasteiger partial charge in [0.25, 0.3) is 5.91 Å². The topological polar surface area (TPSA) is 119 Å². The molecule has 0 radical (unpaired) electrons. The summed E-state index contributed by atoms with van der Waals surface area (Å²) in [5, 5.41) is 2.59. The number of carbonyl (C=O) groups excluding carboxylic acids is 2. The number of nitrogens with zero attached hydrogens (tertiary/aromatic N) is 2. The van der Waals surface area contributed by atoms with Gasteiger partial charge in [-0.2, -0.15) is 0 Å². The minimum absolute atomic E-state index is 0.0838. The smallest absolute Gasteiger partial charge is 0.359 e. The molecule has 0 bridgehead atoms. The number of fused-ring (bicyclic) bond motifs is 1. The number of aromatic nitrogens is 2. The van der Waals surface area contributed by atoms with Gasteiger partial charge in [0.2, 0.25) is 10.0 Å². The highest BCUT2D eigenvalue weighted by Gasteiger charge is 2.21. The van der Waals surface area contributed by atoms with E-state index in [-0.39, 0.29) is 16.6 Å². The first kappa shape index (κ1) is 21.5. The fraction of sp³-hybridized carbons (Fsp3) is 0.250. The molecule has 1 atom stereocenters. The summed E-state index contributed by atoms with van der Waals surface area (Å²) in [5.74, 6) is -1.27. The summed E-state index contributed by atoms with van der Waals surface area (Å²) in [6, 6.07) is 10.8. The molecule has 1 aromatic carbocycles. The van der Waals surface area contributed by atoms with E-state index in [4.69, 9.17) is 4.74 Å². The van der Waals surface area contributed by atoms with E-state index in [0.717, 1.165) is 0 Å². The third kappa shape index (κ3) is 5.02. The minimum atomic E-state index is -3.62. The molecule has 0 saturated heterocycles. The number of rotatable bonds is 7. The maximum Gasteiger partial charge on any atom is 0.359 e. The van der Waals surface area contributed by atoms with E-state index in [1.807, 2.05) is 0 Å². The van der Waals surface area contributed by atoms with Crippen molar-refractivity contribution >= 4 is 33.2 Å². The molecule has 0 unspecified atom stereocenters. The van der Waals surface area contributed by atoms with Gasteiger partial charge in [-0.15, -0.1) is 0 Å². The number of imidazole rings is 1. The number of hydrogen-bond acceptors (Lipinski definition) is 6. The Balaban J connectivity index is 1.61. The van der Waals surface area contributed by atoms with Crippen molar-refractivity contribution in [3.8, 4) is 0 Å². The van der Waals surface area contributed by atoms with E-state index in [9.17, 15) is 18.0 Å². The molecule has 3 aromatic rings. The van der Waals surface area contributed by atoms with Crippen LogP contribution in [0.2, 0.25) is 0 Å². The first-order valence-electron chi connectivity index (χ1n) is 9.23. The molecule has 0 aliphatic carbocycles. The zero-order chi connectivity index (χ0) is 21.9. The zero-order valence-corrected chi connectivity index (χ0v) is 17.5. The van der Waals surface area contributed by atoms with Crippen LogP contribution in [0.4, 0.5) is 5.69 Å². The van der Waals surface area contributed by atoms with Gasteiger partial charge < -0.3 is 14.5 Å². The summed E-state index contributed by atoms with van der Waals surface area (Å²) in [6.45, 7) is 4.89. The first-order valence-corrected chi connectivity index (χ1v) is 10.7. The molecule has 30 heavy (non-hydrogen) atoms. The van der Waals surface area contributed by atoms with Crippen molar-refractivity contribution in [3.05, 3.63) is 60.6 Å². The molecule has 0 fully saturated rings. The molecule has 0 aliphatic heterocycles. The molecular weight excluding hydrogens is 408 g/mol. The number of nitrogens with one attached hydrogen (secondary N) is 2. The normalized spacial score (nSPS) is 12.7. The number of hydrogen-bond donors (Lipinski definition) is 2. The summed E-state index contributed by atoms with van der Waals surface area (Å²) in [4.78, 5) is 28.8. The molecule has 9 nitrogen and oxygen atoms in total. The Bertz CT molecular complexity index is 1140. The van der Waals surface area contributed by atoms with E-state index in [1.165, 1.54) is 37.4 Å². The lowest BCUT2D eigenvalue weighted by Crippen LogP contribution is -2.30. The number of benzene rings is 1. The molecule has 2 heterocycles. The van der Waals surface area contributed by atoms with Crippen molar-refractivity contribution in [3.63, 3.8) is 0 Å². The number of ether oxygens (including phenoxy) is 1. The Labute approximate surface area is 174 Å². The second-order valence-corrected chi connectivity index (χ2v) is 8.64. The van der Waals surface area contributed by atoms with Crippen LogP contribution in [0.25, 0.3) is 5.65 Å². The molecule has 158 valence electrons. The Morgan fingerprint density at radius 2 is 1.77 bits per heavy atom. The number of amides is 1. The van der Waals surface area contributed by atoms with Gasteiger partial charge in [0.15, 0.2) is 11.8 Å². The zero-order valence-electron chi connectivity index (χ0n) is 16.7. The number of pyridine rings is 1. The lowest BCUT2D eigenvalue weighted by Gasteiger charge is -2.13. The summed E-state index contributed by atoms with van der Waals surface area (Å²) < 4.78 is 33.6.